The van der Waals surface area contributed by atoms with Gasteiger partial charge in [-0.15, -0.1) is 10.2 Å². The maximum atomic E-state index is 12.9. The van der Waals surface area contributed by atoms with Gasteiger partial charge in [0.1, 0.15) is 18.2 Å². The number of benzene rings is 1. The van der Waals surface area contributed by atoms with E-state index in [9.17, 15) is 4.39 Å². The summed E-state index contributed by atoms with van der Waals surface area (Å²) < 4.78 is 20.5. The molecule has 5 nitrogen and oxygen atoms in total. The molecule has 6 heteroatoms. The Bertz CT molecular complexity index is 730. The lowest BCUT2D eigenvalue weighted by atomic mass is 10.2. The fraction of sp³-hybridized carbons (Fsp3) is 0.267. The van der Waals surface area contributed by atoms with Crippen LogP contribution in [0.1, 0.15) is 31.5 Å². The first kappa shape index (κ1) is 13.5. The van der Waals surface area contributed by atoms with E-state index in [4.69, 9.17) is 4.42 Å². The molecule has 0 saturated heterocycles. The van der Waals surface area contributed by atoms with Crippen LogP contribution in [0.4, 0.5) is 4.39 Å². The lowest BCUT2D eigenvalue weighted by Gasteiger charge is -2.07. The molecule has 0 unspecified atom stereocenters. The lowest BCUT2D eigenvalue weighted by molar-refractivity contribution is 0.480. The number of aromatic nitrogens is 4. The molecule has 0 amide bonds. The van der Waals surface area contributed by atoms with Crippen LogP contribution in [0.5, 0.6) is 0 Å². The SMILES string of the molecule is CC(C)c1nccn1Cc1nnc(-c2ccc(F)cc2)o1. The second-order valence-corrected chi connectivity index (χ2v) is 5.08. The zero-order valence-electron chi connectivity index (χ0n) is 11.8. The van der Waals surface area contributed by atoms with Crippen molar-refractivity contribution in [2.45, 2.75) is 26.3 Å². The van der Waals surface area contributed by atoms with Gasteiger partial charge < -0.3 is 8.98 Å². The molecule has 0 aliphatic rings. The fourth-order valence-electron chi connectivity index (χ4n) is 2.13. The second-order valence-electron chi connectivity index (χ2n) is 5.08. The molecular weight excluding hydrogens is 271 g/mol. The molecule has 3 aromatic rings. The number of imidazole rings is 1. The highest BCUT2D eigenvalue weighted by atomic mass is 19.1. The van der Waals surface area contributed by atoms with Gasteiger partial charge in [-0.3, -0.25) is 0 Å². The smallest absolute Gasteiger partial charge is 0.247 e. The van der Waals surface area contributed by atoms with Crippen LogP contribution in [0.25, 0.3) is 11.5 Å². The standard InChI is InChI=1S/C15H15FN4O/c1-10(2)14-17-7-8-20(14)9-13-18-19-15(21-13)11-3-5-12(16)6-4-11/h3-8,10H,9H2,1-2H3. The zero-order valence-corrected chi connectivity index (χ0v) is 11.8. The van der Waals surface area contributed by atoms with E-state index in [2.05, 4.69) is 29.0 Å². The van der Waals surface area contributed by atoms with Crippen molar-refractivity contribution in [3.63, 3.8) is 0 Å². The highest BCUT2D eigenvalue weighted by Gasteiger charge is 2.12. The molecule has 0 N–H and O–H groups in total. The quantitative estimate of drug-likeness (QED) is 0.738. The van der Waals surface area contributed by atoms with Crippen LogP contribution in [0.15, 0.2) is 41.1 Å². The van der Waals surface area contributed by atoms with Crippen LogP contribution in [-0.4, -0.2) is 19.7 Å². The van der Waals surface area contributed by atoms with Gasteiger partial charge in [0.25, 0.3) is 0 Å². The topological polar surface area (TPSA) is 56.7 Å². The van der Waals surface area contributed by atoms with Crippen molar-refractivity contribution in [3.8, 4) is 11.5 Å². The fourth-order valence-corrected chi connectivity index (χ4v) is 2.13. The first-order chi connectivity index (χ1) is 10.1. The van der Waals surface area contributed by atoms with Crippen LogP contribution in [0.2, 0.25) is 0 Å². The van der Waals surface area contributed by atoms with Crippen molar-refractivity contribution < 1.29 is 8.81 Å². The maximum Gasteiger partial charge on any atom is 0.247 e. The van der Waals surface area contributed by atoms with Gasteiger partial charge in [0.15, 0.2) is 0 Å². The van der Waals surface area contributed by atoms with Crippen LogP contribution in [0.3, 0.4) is 0 Å². The minimum Gasteiger partial charge on any atom is -0.419 e. The Kier molecular flexibility index (Phi) is 3.51. The molecular formula is C15H15FN4O. The maximum absolute atomic E-state index is 12.9. The monoisotopic (exact) mass is 286 g/mol. The van der Waals surface area contributed by atoms with E-state index >= 15 is 0 Å². The summed E-state index contributed by atoms with van der Waals surface area (Å²) in [5.74, 6) is 1.87. The van der Waals surface area contributed by atoms with Gasteiger partial charge in [-0.2, -0.15) is 0 Å². The third-order valence-corrected chi connectivity index (χ3v) is 3.13. The van der Waals surface area contributed by atoms with Gasteiger partial charge in [-0.05, 0) is 24.3 Å². The van der Waals surface area contributed by atoms with Crippen molar-refractivity contribution >= 4 is 0 Å². The lowest BCUT2D eigenvalue weighted by Crippen LogP contribution is -2.06. The summed E-state index contributed by atoms with van der Waals surface area (Å²) in [7, 11) is 0. The van der Waals surface area contributed by atoms with Crippen LogP contribution >= 0.6 is 0 Å². The highest BCUT2D eigenvalue weighted by Crippen LogP contribution is 2.19. The number of hydrogen-bond donors (Lipinski definition) is 0. The van der Waals surface area contributed by atoms with E-state index in [1.807, 2.05) is 10.8 Å². The predicted octanol–water partition coefficient (Wildman–Crippen LogP) is 3.24. The largest absolute Gasteiger partial charge is 0.419 e. The summed E-state index contributed by atoms with van der Waals surface area (Å²) in [6.07, 6.45) is 3.64. The van der Waals surface area contributed by atoms with E-state index in [1.165, 1.54) is 12.1 Å². The van der Waals surface area contributed by atoms with Gasteiger partial charge in [0.05, 0.1) is 0 Å². The molecule has 0 fully saturated rings. The third-order valence-electron chi connectivity index (χ3n) is 3.13. The molecule has 2 heterocycles. The first-order valence-electron chi connectivity index (χ1n) is 6.73. The van der Waals surface area contributed by atoms with E-state index in [0.717, 1.165) is 5.82 Å². The summed E-state index contributed by atoms with van der Waals surface area (Å²) in [4.78, 5) is 4.32. The molecule has 0 radical (unpaired) electrons. The molecule has 108 valence electrons. The van der Waals surface area contributed by atoms with Crippen LogP contribution in [0, 0.1) is 5.82 Å². The number of halogens is 1. The molecule has 3 rings (SSSR count). The Labute approximate surface area is 121 Å². The van der Waals surface area contributed by atoms with Crippen molar-refractivity contribution in [2.24, 2.45) is 0 Å². The number of nitrogens with zero attached hydrogens (tertiary/aromatic N) is 4. The molecule has 0 aliphatic carbocycles. The average molecular weight is 286 g/mol. The van der Waals surface area contributed by atoms with Gasteiger partial charge in [0.2, 0.25) is 11.8 Å². The van der Waals surface area contributed by atoms with Gasteiger partial charge in [0, 0.05) is 23.9 Å². The molecule has 0 saturated carbocycles. The summed E-state index contributed by atoms with van der Waals surface area (Å²) in [6.45, 7) is 4.63. The van der Waals surface area contributed by atoms with Gasteiger partial charge in [-0.1, -0.05) is 13.8 Å². The van der Waals surface area contributed by atoms with E-state index in [0.29, 0.717) is 29.8 Å². The Balaban J connectivity index is 1.82. The summed E-state index contributed by atoms with van der Waals surface area (Å²) in [5.41, 5.74) is 0.699. The number of rotatable bonds is 4. The molecule has 0 aliphatic heterocycles. The minimum absolute atomic E-state index is 0.293. The van der Waals surface area contributed by atoms with Crippen molar-refractivity contribution in [1.29, 1.82) is 0 Å². The Morgan fingerprint density at radius 3 is 2.67 bits per heavy atom. The summed E-state index contributed by atoms with van der Waals surface area (Å²) in [6, 6.07) is 5.96. The van der Waals surface area contributed by atoms with Crippen LogP contribution in [-0.2, 0) is 6.54 Å². The second kappa shape index (κ2) is 5.47. The van der Waals surface area contributed by atoms with E-state index in [1.54, 1.807) is 18.3 Å². The van der Waals surface area contributed by atoms with Gasteiger partial charge in [-0.25, -0.2) is 9.37 Å². The minimum atomic E-state index is -0.293. The summed E-state index contributed by atoms with van der Waals surface area (Å²) >= 11 is 0. The first-order valence-corrected chi connectivity index (χ1v) is 6.73. The molecule has 1 aromatic carbocycles. The zero-order chi connectivity index (χ0) is 14.8. The molecule has 2 aromatic heterocycles. The van der Waals surface area contributed by atoms with Gasteiger partial charge >= 0.3 is 0 Å². The van der Waals surface area contributed by atoms with E-state index in [-0.39, 0.29) is 5.82 Å². The summed E-state index contributed by atoms with van der Waals surface area (Å²) in [5, 5.41) is 8.03. The predicted molar refractivity (Wildman–Crippen MR) is 75.1 cm³/mol. The Morgan fingerprint density at radius 2 is 1.95 bits per heavy atom. The van der Waals surface area contributed by atoms with Crippen molar-refractivity contribution in [1.82, 2.24) is 19.7 Å². The normalized spacial score (nSPS) is 11.2. The van der Waals surface area contributed by atoms with Crippen LogP contribution < -0.4 is 0 Å². The number of hydrogen-bond acceptors (Lipinski definition) is 4. The average Bonchev–Trinajstić information content (AvgIpc) is 3.09. The highest BCUT2D eigenvalue weighted by molar-refractivity contribution is 5.51. The molecule has 0 spiro atoms. The molecule has 0 atom stereocenters. The Morgan fingerprint density at radius 1 is 1.19 bits per heavy atom. The Hall–Kier alpha value is -2.50. The van der Waals surface area contributed by atoms with E-state index < -0.39 is 0 Å². The molecule has 21 heavy (non-hydrogen) atoms. The van der Waals surface area contributed by atoms with Crippen molar-refractivity contribution in [3.05, 3.63) is 54.2 Å². The van der Waals surface area contributed by atoms with Crippen molar-refractivity contribution in [2.75, 3.05) is 0 Å². The molecule has 0 bridgehead atoms. The third kappa shape index (κ3) is 2.84.